The van der Waals surface area contributed by atoms with Crippen molar-refractivity contribution in [2.45, 2.75) is 32.0 Å². The maximum Gasteiger partial charge on any atom is 0.394 e. The van der Waals surface area contributed by atoms with Crippen molar-refractivity contribution < 1.29 is 57.1 Å². The monoisotopic (exact) mass is 515 g/mol. The molecule has 1 unspecified atom stereocenters. The molecule has 0 aromatic heterocycles. The van der Waals surface area contributed by atoms with Gasteiger partial charge in [0.15, 0.2) is 17.3 Å². The fourth-order valence-corrected chi connectivity index (χ4v) is 3.01. The Kier molecular flexibility index (Phi) is 9.50. The molecule has 2 aromatic rings. The standard InChI is InChI=1S/C23H24F3NO9/c1-12(28)15-4-6-17(16(20(15)30)7-8-23(24,25)26)35-10-14(29)11-36-18-5-3-13(9-19(18)34-2)27-21(31)22(32)33/h3-6,9,14,29-30H,7-8,10-11H2,1-2H3,(H,27,31)(H,32,33). The number of hydrogen-bond donors (Lipinski definition) is 4. The Morgan fingerprint density at radius 3 is 2.19 bits per heavy atom. The number of carboxylic acids is 1. The van der Waals surface area contributed by atoms with Crippen LogP contribution in [0.2, 0.25) is 0 Å². The number of phenolic OH excluding ortho intramolecular Hbond substituents is 1. The molecule has 0 fully saturated rings. The van der Waals surface area contributed by atoms with E-state index in [0.717, 1.165) is 6.92 Å². The van der Waals surface area contributed by atoms with Gasteiger partial charge in [0.2, 0.25) is 0 Å². The fraction of sp³-hybridized carbons (Fsp3) is 0.348. The maximum atomic E-state index is 12.7. The second kappa shape index (κ2) is 12.1. The number of hydrogen-bond acceptors (Lipinski definition) is 8. The van der Waals surface area contributed by atoms with E-state index >= 15 is 0 Å². The van der Waals surface area contributed by atoms with Crippen LogP contribution in [0.4, 0.5) is 18.9 Å². The van der Waals surface area contributed by atoms with Gasteiger partial charge in [-0.2, -0.15) is 13.2 Å². The van der Waals surface area contributed by atoms with E-state index in [0.29, 0.717) is 0 Å². The lowest BCUT2D eigenvalue weighted by Gasteiger charge is -2.18. The SMILES string of the molecule is COc1cc(NC(=O)C(=O)O)ccc1OCC(O)COc1ccc(C(C)=O)c(O)c1CCC(F)(F)F. The Hall–Kier alpha value is -4.00. The molecule has 0 heterocycles. The molecule has 36 heavy (non-hydrogen) atoms. The zero-order chi connectivity index (χ0) is 27.0. The van der Waals surface area contributed by atoms with Gasteiger partial charge in [0, 0.05) is 23.7 Å². The number of nitrogens with one attached hydrogen (secondary N) is 1. The summed E-state index contributed by atoms with van der Waals surface area (Å²) in [6, 6.07) is 6.45. The van der Waals surface area contributed by atoms with Gasteiger partial charge in [0.05, 0.1) is 12.7 Å². The van der Waals surface area contributed by atoms with Gasteiger partial charge >= 0.3 is 18.1 Å². The van der Waals surface area contributed by atoms with Gasteiger partial charge in [-0.25, -0.2) is 4.79 Å². The third-order valence-electron chi connectivity index (χ3n) is 4.76. The average Bonchev–Trinajstić information content (AvgIpc) is 2.80. The molecule has 1 atom stereocenters. The van der Waals surface area contributed by atoms with E-state index in [1.807, 2.05) is 0 Å². The van der Waals surface area contributed by atoms with Gasteiger partial charge in [-0.15, -0.1) is 0 Å². The number of halogens is 3. The number of aliphatic hydroxyl groups is 1. The second-order valence-corrected chi connectivity index (χ2v) is 7.51. The number of aromatic hydroxyl groups is 1. The number of phenols is 1. The molecule has 0 saturated heterocycles. The molecule has 0 spiro atoms. The molecule has 10 nitrogen and oxygen atoms in total. The quantitative estimate of drug-likeness (QED) is 0.261. The molecule has 0 aliphatic carbocycles. The lowest BCUT2D eigenvalue weighted by atomic mass is 10.0. The summed E-state index contributed by atoms with van der Waals surface area (Å²) in [4.78, 5) is 33.6. The molecule has 13 heteroatoms. The zero-order valence-corrected chi connectivity index (χ0v) is 19.2. The highest BCUT2D eigenvalue weighted by molar-refractivity contribution is 6.36. The van der Waals surface area contributed by atoms with Crippen molar-refractivity contribution >= 4 is 23.3 Å². The van der Waals surface area contributed by atoms with E-state index < -0.39 is 55.1 Å². The largest absolute Gasteiger partial charge is 0.507 e. The predicted octanol–water partition coefficient (Wildman–Crippen LogP) is 2.94. The molecule has 2 aromatic carbocycles. The van der Waals surface area contributed by atoms with Gasteiger partial charge in [-0.3, -0.25) is 9.59 Å². The number of anilines is 1. The lowest BCUT2D eigenvalue weighted by molar-refractivity contribution is -0.147. The third kappa shape index (κ3) is 8.05. The van der Waals surface area contributed by atoms with Crippen LogP contribution in [0.3, 0.4) is 0 Å². The maximum absolute atomic E-state index is 12.7. The van der Waals surface area contributed by atoms with Gasteiger partial charge < -0.3 is 34.8 Å². The Morgan fingerprint density at radius 1 is 1.03 bits per heavy atom. The van der Waals surface area contributed by atoms with E-state index in [2.05, 4.69) is 5.32 Å². The molecule has 0 radical (unpaired) electrons. The second-order valence-electron chi connectivity index (χ2n) is 7.51. The minimum atomic E-state index is -4.51. The summed E-state index contributed by atoms with van der Waals surface area (Å²) in [7, 11) is 1.30. The Bertz CT molecular complexity index is 1120. The summed E-state index contributed by atoms with van der Waals surface area (Å²) in [6.07, 6.45) is -7.67. The van der Waals surface area contributed by atoms with Crippen LogP contribution in [0, 0.1) is 0 Å². The number of carbonyl (C=O) groups is 3. The van der Waals surface area contributed by atoms with Crippen LogP contribution in [0.15, 0.2) is 30.3 Å². The molecule has 0 saturated carbocycles. The molecule has 0 aliphatic rings. The van der Waals surface area contributed by atoms with Gasteiger partial charge in [0.1, 0.15) is 30.8 Å². The third-order valence-corrected chi connectivity index (χ3v) is 4.76. The van der Waals surface area contributed by atoms with Crippen molar-refractivity contribution in [1.29, 1.82) is 0 Å². The fourth-order valence-electron chi connectivity index (χ4n) is 3.01. The van der Waals surface area contributed by atoms with E-state index in [1.54, 1.807) is 0 Å². The van der Waals surface area contributed by atoms with E-state index in [9.17, 15) is 37.8 Å². The molecule has 0 bridgehead atoms. The summed E-state index contributed by atoms with van der Waals surface area (Å²) in [5, 5.41) is 31.3. The lowest BCUT2D eigenvalue weighted by Crippen LogP contribution is -2.25. The summed E-state index contributed by atoms with van der Waals surface area (Å²) < 4.78 is 54.1. The van der Waals surface area contributed by atoms with Crippen LogP contribution in [-0.2, 0) is 16.0 Å². The predicted molar refractivity (Wildman–Crippen MR) is 119 cm³/mol. The number of aliphatic carboxylic acids is 1. The van der Waals surface area contributed by atoms with E-state index in [4.69, 9.17) is 19.3 Å². The minimum Gasteiger partial charge on any atom is -0.507 e. The van der Waals surface area contributed by atoms with Crippen molar-refractivity contribution in [3.63, 3.8) is 0 Å². The first-order valence-corrected chi connectivity index (χ1v) is 10.4. The van der Waals surface area contributed by atoms with Gasteiger partial charge in [-0.1, -0.05) is 0 Å². The number of methoxy groups -OCH3 is 1. The van der Waals surface area contributed by atoms with Crippen LogP contribution in [-0.4, -0.2) is 65.6 Å². The number of amides is 1. The Morgan fingerprint density at radius 2 is 1.64 bits per heavy atom. The summed E-state index contributed by atoms with van der Waals surface area (Å²) >= 11 is 0. The zero-order valence-electron chi connectivity index (χ0n) is 19.2. The molecule has 1 amide bonds. The highest BCUT2D eigenvalue weighted by Gasteiger charge is 2.29. The first-order valence-electron chi connectivity index (χ1n) is 10.4. The van der Waals surface area contributed by atoms with Crippen LogP contribution in [0.5, 0.6) is 23.0 Å². The molecule has 4 N–H and O–H groups in total. The summed E-state index contributed by atoms with van der Waals surface area (Å²) in [5.74, 6) is -3.96. The molecular weight excluding hydrogens is 491 g/mol. The number of rotatable bonds is 11. The van der Waals surface area contributed by atoms with E-state index in [1.165, 1.54) is 37.4 Å². The van der Waals surface area contributed by atoms with Gasteiger partial charge in [-0.05, 0) is 37.6 Å². The Labute approximate surface area is 203 Å². The van der Waals surface area contributed by atoms with Crippen LogP contribution in [0.25, 0.3) is 0 Å². The van der Waals surface area contributed by atoms with Crippen molar-refractivity contribution in [2.75, 3.05) is 25.6 Å². The highest BCUT2D eigenvalue weighted by Crippen LogP contribution is 2.35. The number of carbonyl (C=O) groups excluding carboxylic acids is 2. The number of benzene rings is 2. The number of ether oxygens (including phenoxy) is 3. The topological polar surface area (TPSA) is 152 Å². The van der Waals surface area contributed by atoms with Gasteiger partial charge in [0.25, 0.3) is 0 Å². The number of Topliss-reactive ketones (excluding diaryl/α,β-unsaturated/α-hetero) is 1. The van der Waals surface area contributed by atoms with Crippen molar-refractivity contribution in [3.8, 4) is 23.0 Å². The molecule has 2 rings (SSSR count). The first-order chi connectivity index (χ1) is 16.8. The summed E-state index contributed by atoms with van der Waals surface area (Å²) in [5.41, 5.74) is -0.247. The van der Waals surface area contributed by atoms with Crippen molar-refractivity contribution in [2.24, 2.45) is 0 Å². The number of carboxylic acid groups (broad SMARTS) is 1. The van der Waals surface area contributed by atoms with E-state index in [-0.39, 0.29) is 40.7 Å². The first kappa shape index (κ1) is 28.2. The van der Waals surface area contributed by atoms with Crippen LogP contribution in [0.1, 0.15) is 29.3 Å². The smallest absolute Gasteiger partial charge is 0.394 e. The molecule has 196 valence electrons. The molecular formula is C23H24F3NO9. The Balaban J connectivity index is 2.06. The highest BCUT2D eigenvalue weighted by atomic mass is 19.4. The number of ketones is 1. The summed E-state index contributed by atoms with van der Waals surface area (Å²) in [6.45, 7) is 0.393. The average molecular weight is 515 g/mol. The van der Waals surface area contributed by atoms with Crippen molar-refractivity contribution in [1.82, 2.24) is 0 Å². The van der Waals surface area contributed by atoms with Crippen LogP contribution < -0.4 is 19.5 Å². The molecule has 0 aliphatic heterocycles. The number of alkyl halides is 3. The van der Waals surface area contributed by atoms with Crippen LogP contribution >= 0.6 is 0 Å². The van der Waals surface area contributed by atoms with Crippen molar-refractivity contribution in [3.05, 3.63) is 41.5 Å². The normalized spacial score (nSPS) is 11.9. The number of aliphatic hydroxyl groups excluding tert-OH is 1. The minimum absolute atomic E-state index is 0.116.